The molecule has 0 atom stereocenters. The SMILES string of the molecule is O=C(NC1=NCCN1)c1cc(F)c(Nc2cccc(C(=O)NC3COC3)c2)c(C2CC2)c1. The van der Waals surface area contributed by atoms with Crippen LogP contribution in [0.25, 0.3) is 0 Å². The number of guanidine groups is 1. The van der Waals surface area contributed by atoms with E-state index >= 15 is 4.39 Å². The quantitative estimate of drug-likeness (QED) is 0.555. The molecule has 2 aromatic rings. The molecule has 4 N–H and O–H groups in total. The zero-order valence-corrected chi connectivity index (χ0v) is 17.4. The molecule has 2 aromatic carbocycles. The van der Waals surface area contributed by atoms with Gasteiger partial charge in [-0.15, -0.1) is 0 Å². The van der Waals surface area contributed by atoms with E-state index in [1.165, 1.54) is 6.07 Å². The van der Waals surface area contributed by atoms with E-state index < -0.39 is 11.7 Å². The van der Waals surface area contributed by atoms with Gasteiger partial charge in [-0.3, -0.25) is 19.9 Å². The maximum Gasteiger partial charge on any atom is 0.258 e. The number of nitrogens with one attached hydrogen (secondary N) is 4. The van der Waals surface area contributed by atoms with Gasteiger partial charge in [-0.1, -0.05) is 6.07 Å². The van der Waals surface area contributed by atoms with Crippen LogP contribution < -0.4 is 21.3 Å². The molecular weight excluding hydrogens is 413 g/mol. The number of carbonyl (C=O) groups is 2. The van der Waals surface area contributed by atoms with Gasteiger partial charge in [-0.25, -0.2) is 4.39 Å². The molecule has 2 aliphatic heterocycles. The average Bonchev–Trinajstić information content (AvgIpc) is 3.48. The van der Waals surface area contributed by atoms with Crippen LogP contribution in [0.1, 0.15) is 45.0 Å². The lowest BCUT2D eigenvalue weighted by atomic mass is 10.0. The number of anilines is 2. The number of nitrogens with zero attached hydrogens (tertiary/aromatic N) is 1. The van der Waals surface area contributed by atoms with Gasteiger partial charge in [0.25, 0.3) is 11.8 Å². The maximum absolute atomic E-state index is 15.2. The van der Waals surface area contributed by atoms with E-state index in [0.717, 1.165) is 18.4 Å². The standard InChI is InChI=1S/C23H24FN5O3/c24-19-10-15(22(31)29-23-25-6-7-26-23)9-18(13-4-5-13)20(19)27-16-3-1-2-14(8-16)21(30)28-17-11-32-12-17/h1-3,8-10,13,17,27H,4-7,11-12H2,(H,28,30)(H2,25,26,29,31). The first-order chi connectivity index (χ1) is 15.6. The van der Waals surface area contributed by atoms with E-state index in [-0.39, 0.29) is 23.4 Å². The largest absolute Gasteiger partial charge is 0.377 e. The Morgan fingerprint density at radius 2 is 1.94 bits per heavy atom. The summed E-state index contributed by atoms with van der Waals surface area (Å²) in [6, 6.07) is 9.93. The maximum atomic E-state index is 15.2. The van der Waals surface area contributed by atoms with Gasteiger partial charge in [0, 0.05) is 23.4 Å². The third kappa shape index (κ3) is 4.43. The van der Waals surface area contributed by atoms with E-state index in [4.69, 9.17) is 4.74 Å². The third-order valence-electron chi connectivity index (χ3n) is 5.67. The Balaban J connectivity index is 1.37. The second kappa shape index (κ2) is 8.58. The second-order valence-corrected chi connectivity index (χ2v) is 8.22. The van der Waals surface area contributed by atoms with Crippen molar-refractivity contribution >= 4 is 29.1 Å². The lowest BCUT2D eigenvalue weighted by molar-refractivity contribution is -0.00346. The number of carbonyl (C=O) groups excluding carboxylic acids is 2. The Labute approximate surface area is 184 Å². The number of aliphatic imine (C=N–C) groups is 1. The molecule has 166 valence electrons. The fourth-order valence-corrected chi connectivity index (χ4v) is 3.74. The van der Waals surface area contributed by atoms with E-state index in [2.05, 4.69) is 26.3 Å². The van der Waals surface area contributed by atoms with Gasteiger partial charge in [0.15, 0.2) is 5.96 Å². The van der Waals surface area contributed by atoms with Crippen molar-refractivity contribution in [3.8, 4) is 0 Å². The van der Waals surface area contributed by atoms with Crippen LogP contribution in [-0.2, 0) is 4.74 Å². The van der Waals surface area contributed by atoms with E-state index in [1.807, 2.05) is 0 Å². The summed E-state index contributed by atoms with van der Waals surface area (Å²) in [7, 11) is 0. The normalized spacial score (nSPS) is 17.7. The Morgan fingerprint density at radius 3 is 2.62 bits per heavy atom. The monoisotopic (exact) mass is 437 g/mol. The first-order valence-electron chi connectivity index (χ1n) is 10.8. The molecule has 3 aliphatic rings. The molecule has 0 radical (unpaired) electrons. The Bertz CT molecular complexity index is 1100. The number of halogens is 1. The summed E-state index contributed by atoms with van der Waals surface area (Å²) in [6.07, 6.45) is 1.89. The highest BCUT2D eigenvalue weighted by Gasteiger charge is 2.29. The Hall–Kier alpha value is -3.46. The summed E-state index contributed by atoms with van der Waals surface area (Å²) in [6.45, 7) is 2.31. The van der Waals surface area contributed by atoms with E-state index in [9.17, 15) is 9.59 Å². The summed E-state index contributed by atoms with van der Waals surface area (Å²) < 4.78 is 20.2. The minimum atomic E-state index is -0.512. The molecule has 0 aromatic heterocycles. The third-order valence-corrected chi connectivity index (χ3v) is 5.67. The lowest BCUT2D eigenvalue weighted by Gasteiger charge is -2.26. The fourth-order valence-electron chi connectivity index (χ4n) is 3.74. The van der Waals surface area contributed by atoms with Gasteiger partial charge in [0.05, 0.1) is 31.5 Å². The van der Waals surface area contributed by atoms with E-state index in [0.29, 0.717) is 49.2 Å². The van der Waals surface area contributed by atoms with Crippen LogP contribution in [-0.4, -0.2) is 50.1 Å². The number of amides is 2. The van der Waals surface area contributed by atoms with Gasteiger partial charge in [0.1, 0.15) is 5.82 Å². The van der Waals surface area contributed by atoms with E-state index in [1.54, 1.807) is 30.3 Å². The molecule has 0 bridgehead atoms. The van der Waals surface area contributed by atoms with Crippen LogP contribution >= 0.6 is 0 Å². The highest BCUT2D eigenvalue weighted by molar-refractivity contribution is 6.06. The number of hydrogen-bond acceptors (Lipinski definition) is 6. The van der Waals surface area contributed by atoms with Crippen molar-refractivity contribution in [2.75, 3.05) is 31.6 Å². The first-order valence-corrected chi connectivity index (χ1v) is 10.8. The van der Waals surface area contributed by atoms with Gasteiger partial charge in [-0.2, -0.15) is 0 Å². The molecule has 1 aliphatic carbocycles. The zero-order valence-electron chi connectivity index (χ0n) is 17.4. The van der Waals surface area contributed by atoms with Crippen molar-refractivity contribution < 1.29 is 18.7 Å². The fraction of sp³-hybridized carbons (Fsp3) is 0.348. The Kier molecular flexibility index (Phi) is 5.48. The second-order valence-electron chi connectivity index (χ2n) is 8.22. The molecular formula is C23H24FN5O3. The molecule has 32 heavy (non-hydrogen) atoms. The molecule has 2 fully saturated rings. The summed E-state index contributed by atoms with van der Waals surface area (Å²) in [5.74, 6) is -0.493. The number of rotatable bonds is 6. The minimum Gasteiger partial charge on any atom is -0.377 e. The molecule has 0 spiro atoms. The smallest absolute Gasteiger partial charge is 0.258 e. The number of hydrogen-bond donors (Lipinski definition) is 4. The highest BCUT2D eigenvalue weighted by atomic mass is 19.1. The zero-order chi connectivity index (χ0) is 22.1. The predicted molar refractivity (Wildman–Crippen MR) is 118 cm³/mol. The molecule has 5 rings (SSSR count). The van der Waals surface area contributed by atoms with Crippen LogP contribution in [0.15, 0.2) is 41.4 Å². The van der Waals surface area contributed by atoms with Crippen LogP contribution in [0.2, 0.25) is 0 Å². The highest BCUT2D eigenvalue weighted by Crippen LogP contribution is 2.45. The van der Waals surface area contributed by atoms with Crippen molar-refractivity contribution in [2.45, 2.75) is 24.8 Å². The topological polar surface area (TPSA) is 104 Å². The van der Waals surface area contributed by atoms with Crippen molar-refractivity contribution in [1.82, 2.24) is 16.0 Å². The lowest BCUT2D eigenvalue weighted by Crippen LogP contribution is -2.48. The molecule has 2 heterocycles. The molecule has 9 heteroatoms. The molecule has 0 unspecified atom stereocenters. The first kappa shape index (κ1) is 20.4. The van der Waals surface area contributed by atoms with Gasteiger partial charge >= 0.3 is 0 Å². The summed E-state index contributed by atoms with van der Waals surface area (Å²) in [4.78, 5) is 29.2. The van der Waals surface area contributed by atoms with Crippen LogP contribution in [0.3, 0.4) is 0 Å². The van der Waals surface area contributed by atoms with Gasteiger partial charge < -0.3 is 20.7 Å². The minimum absolute atomic E-state index is 0.0297. The van der Waals surface area contributed by atoms with Gasteiger partial charge in [0.2, 0.25) is 0 Å². The molecule has 2 amide bonds. The average molecular weight is 437 g/mol. The van der Waals surface area contributed by atoms with Crippen molar-refractivity contribution in [1.29, 1.82) is 0 Å². The number of ether oxygens (including phenoxy) is 1. The van der Waals surface area contributed by atoms with Crippen LogP contribution in [0.4, 0.5) is 15.8 Å². The molecule has 1 saturated heterocycles. The number of benzene rings is 2. The molecule has 8 nitrogen and oxygen atoms in total. The van der Waals surface area contributed by atoms with Crippen LogP contribution in [0.5, 0.6) is 0 Å². The van der Waals surface area contributed by atoms with Crippen molar-refractivity contribution in [3.63, 3.8) is 0 Å². The van der Waals surface area contributed by atoms with Crippen molar-refractivity contribution in [2.24, 2.45) is 4.99 Å². The van der Waals surface area contributed by atoms with Crippen molar-refractivity contribution in [3.05, 3.63) is 58.9 Å². The van der Waals surface area contributed by atoms with Crippen LogP contribution in [0, 0.1) is 5.82 Å². The van der Waals surface area contributed by atoms with Gasteiger partial charge in [-0.05, 0) is 54.7 Å². The summed E-state index contributed by atoms with van der Waals surface area (Å²) in [5, 5.41) is 11.7. The summed E-state index contributed by atoms with van der Waals surface area (Å²) >= 11 is 0. The summed E-state index contributed by atoms with van der Waals surface area (Å²) in [5.41, 5.74) is 2.44. The molecule has 1 saturated carbocycles. The Morgan fingerprint density at radius 1 is 1.09 bits per heavy atom. The predicted octanol–water partition coefficient (Wildman–Crippen LogP) is 2.26.